The van der Waals surface area contributed by atoms with Crippen molar-refractivity contribution in [2.45, 2.75) is 0 Å². The Morgan fingerprint density at radius 2 is 1.82 bits per heavy atom. The molecule has 0 aliphatic carbocycles. The zero-order valence-corrected chi connectivity index (χ0v) is 11.9. The number of aliphatic carboxylic acids is 1. The highest BCUT2D eigenvalue weighted by atomic mass is 16.4. The first-order valence-electron chi connectivity index (χ1n) is 7.00. The number of hydrogen-bond donors (Lipinski definition) is 1. The van der Waals surface area contributed by atoms with E-state index in [-0.39, 0.29) is 0 Å². The van der Waals surface area contributed by atoms with Crippen LogP contribution in [-0.4, -0.2) is 47.2 Å². The minimum Gasteiger partial charge on any atom is -0.478 e. The lowest BCUT2D eigenvalue weighted by Gasteiger charge is -2.34. The van der Waals surface area contributed by atoms with Crippen molar-refractivity contribution in [1.29, 1.82) is 0 Å². The van der Waals surface area contributed by atoms with Crippen molar-refractivity contribution in [3.63, 3.8) is 0 Å². The molecule has 3 heterocycles. The zero-order chi connectivity index (χ0) is 15.4. The molecule has 1 N–H and O–H groups in total. The van der Waals surface area contributed by atoms with Crippen LogP contribution in [0, 0.1) is 0 Å². The Morgan fingerprint density at radius 1 is 1.14 bits per heavy atom. The molecule has 0 saturated carbocycles. The molecule has 0 radical (unpaired) electrons. The Bertz CT molecular complexity index is 660. The molecule has 0 atom stereocenters. The standard InChI is InChI=1S/C15H16N4O3/c20-14(21)5-3-12-2-4-13(22-12)18-8-10-19(11-9-18)15-16-6-1-7-17-15/h1-7H,8-11H2,(H,20,21)/b5-3+. The molecular weight excluding hydrogens is 284 g/mol. The average Bonchev–Trinajstić information content (AvgIpc) is 3.03. The summed E-state index contributed by atoms with van der Waals surface area (Å²) >= 11 is 0. The van der Waals surface area contributed by atoms with E-state index in [9.17, 15) is 4.79 Å². The quantitative estimate of drug-likeness (QED) is 0.856. The van der Waals surface area contributed by atoms with Gasteiger partial charge in [0.05, 0.1) is 0 Å². The summed E-state index contributed by atoms with van der Waals surface area (Å²) in [7, 11) is 0. The molecule has 22 heavy (non-hydrogen) atoms. The number of anilines is 2. The van der Waals surface area contributed by atoms with E-state index < -0.39 is 5.97 Å². The van der Waals surface area contributed by atoms with Gasteiger partial charge >= 0.3 is 5.97 Å². The number of nitrogens with zero attached hydrogens (tertiary/aromatic N) is 4. The molecule has 0 unspecified atom stereocenters. The van der Waals surface area contributed by atoms with E-state index in [1.807, 2.05) is 6.07 Å². The van der Waals surface area contributed by atoms with Gasteiger partial charge in [-0.05, 0) is 18.2 Å². The molecule has 1 saturated heterocycles. The van der Waals surface area contributed by atoms with Crippen molar-refractivity contribution in [3.05, 3.63) is 42.4 Å². The maximum atomic E-state index is 10.5. The normalized spacial score (nSPS) is 15.5. The van der Waals surface area contributed by atoms with Crippen LogP contribution in [0.25, 0.3) is 6.08 Å². The molecule has 0 bridgehead atoms. The van der Waals surface area contributed by atoms with Gasteiger partial charge in [-0.3, -0.25) is 0 Å². The number of carbonyl (C=O) groups is 1. The number of hydrogen-bond acceptors (Lipinski definition) is 6. The second kappa shape index (κ2) is 6.30. The predicted molar refractivity (Wildman–Crippen MR) is 81.8 cm³/mol. The monoisotopic (exact) mass is 300 g/mol. The summed E-state index contributed by atoms with van der Waals surface area (Å²) in [5.74, 6) is 1.03. The van der Waals surface area contributed by atoms with E-state index in [0.29, 0.717) is 5.76 Å². The van der Waals surface area contributed by atoms with Crippen LogP contribution in [0.2, 0.25) is 0 Å². The van der Waals surface area contributed by atoms with Crippen LogP contribution >= 0.6 is 0 Å². The van der Waals surface area contributed by atoms with Gasteiger partial charge in [0, 0.05) is 50.7 Å². The van der Waals surface area contributed by atoms with Crippen molar-refractivity contribution < 1.29 is 14.3 Å². The summed E-state index contributed by atoms with van der Waals surface area (Å²) in [6.07, 6.45) is 5.98. The third kappa shape index (κ3) is 3.25. The van der Waals surface area contributed by atoms with E-state index >= 15 is 0 Å². The summed E-state index contributed by atoms with van der Waals surface area (Å²) in [4.78, 5) is 23.3. The van der Waals surface area contributed by atoms with Crippen LogP contribution in [0.5, 0.6) is 0 Å². The van der Waals surface area contributed by atoms with Gasteiger partial charge < -0.3 is 19.3 Å². The number of furan rings is 1. The van der Waals surface area contributed by atoms with Crippen molar-refractivity contribution in [2.75, 3.05) is 36.0 Å². The molecule has 3 rings (SSSR count). The van der Waals surface area contributed by atoms with E-state index in [2.05, 4.69) is 19.8 Å². The topological polar surface area (TPSA) is 82.7 Å². The lowest BCUT2D eigenvalue weighted by Crippen LogP contribution is -2.47. The number of aromatic nitrogens is 2. The highest BCUT2D eigenvalue weighted by molar-refractivity contribution is 5.84. The zero-order valence-electron chi connectivity index (χ0n) is 11.9. The van der Waals surface area contributed by atoms with Gasteiger partial charge in [0.15, 0.2) is 5.88 Å². The molecule has 2 aromatic rings. The molecule has 114 valence electrons. The maximum absolute atomic E-state index is 10.5. The van der Waals surface area contributed by atoms with Crippen LogP contribution in [0.3, 0.4) is 0 Å². The summed E-state index contributed by atoms with van der Waals surface area (Å²) in [6.45, 7) is 3.22. The maximum Gasteiger partial charge on any atom is 0.328 e. The third-order valence-electron chi connectivity index (χ3n) is 3.43. The molecule has 1 aliphatic heterocycles. The van der Waals surface area contributed by atoms with Crippen molar-refractivity contribution in [2.24, 2.45) is 0 Å². The van der Waals surface area contributed by atoms with E-state index in [1.54, 1.807) is 24.5 Å². The van der Waals surface area contributed by atoms with Gasteiger partial charge in [-0.15, -0.1) is 0 Å². The van der Waals surface area contributed by atoms with Gasteiger partial charge in [-0.2, -0.15) is 0 Å². The highest BCUT2D eigenvalue weighted by Crippen LogP contribution is 2.21. The Balaban J connectivity index is 1.61. The lowest BCUT2D eigenvalue weighted by atomic mass is 10.3. The first-order chi connectivity index (χ1) is 10.7. The van der Waals surface area contributed by atoms with E-state index in [0.717, 1.165) is 44.1 Å². The number of carboxylic acid groups (broad SMARTS) is 1. The molecule has 0 aromatic carbocycles. The Kier molecular flexibility index (Phi) is 4.04. The minimum absolute atomic E-state index is 0.534. The summed E-state index contributed by atoms with van der Waals surface area (Å²) in [5, 5.41) is 8.61. The summed E-state index contributed by atoms with van der Waals surface area (Å²) in [5.41, 5.74) is 0. The van der Waals surface area contributed by atoms with Gasteiger partial charge in [-0.1, -0.05) is 0 Å². The molecule has 1 fully saturated rings. The smallest absolute Gasteiger partial charge is 0.328 e. The summed E-state index contributed by atoms with van der Waals surface area (Å²) in [6, 6.07) is 5.42. The fourth-order valence-electron chi connectivity index (χ4n) is 2.34. The lowest BCUT2D eigenvalue weighted by molar-refractivity contribution is -0.131. The minimum atomic E-state index is -0.991. The molecule has 0 amide bonds. The van der Waals surface area contributed by atoms with Gasteiger partial charge in [-0.25, -0.2) is 14.8 Å². The predicted octanol–water partition coefficient (Wildman–Crippen LogP) is 1.49. The fourth-order valence-corrected chi connectivity index (χ4v) is 2.34. The van der Waals surface area contributed by atoms with Crippen LogP contribution in [-0.2, 0) is 4.79 Å². The van der Waals surface area contributed by atoms with Crippen molar-refractivity contribution in [3.8, 4) is 0 Å². The molecule has 0 spiro atoms. The van der Waals surface area contributed by atoms with Crippen molar-refractivity contribution >= 4 is 23.9 Å². The van der Waals surface area contributed by atoms with Crippen LogP contribution < -0.4 is 9.80 Å². The molecule has 1 aliphatic rings. The van der Waals surface area contributed by atoms with Gasteiger partial charge in [0.1, 0.15) is 5.76 Å². The molecule has 7 heteroatoms. The first kappa shape index (κ1) is 14.1. The second-order valence-electron chi connectivity index (χ2n) is 4.87. The number of piperazine rings is 1. The first-order valence-corrected chi connectivity index (χ1v) is 7.00. The van der Waals surface area contributed by atoms with Crippen LogP contribution in [0.1, 0.15) is 5.76 Å². The number of carboxylic acids is 1. The van der Waals surface area contributed by atoms with Crippen LogP contribution in [0.15, 0.2) is 41.1 Å². The summed E-state index contributed by atoms with van der Waals surface area (Å²) < 4.78 is 5.64. The SMILES string of the molecule is O=C(O)/C=C/c1ccc(N2CCN(c3ncccn3)CC2)o1. The van der Waals surface area contributed by atoms with Gasteiger partial charge in [0.2, 0.25) is 5.95 Å². The third-order valence-corrected chi connectivity index (χ3v) is 3.43. The Labute approximate surface area is 127 Å². The van der Waals surface area contributed by atoms with Crippen molar-refractivity contribution in [1.82, 2.24) is 9.97 Å². The Hall–Kier alpha value is -2.83. The molecular formula is C15H16N4O3. The highest BCUT2D eigenvalue weighted by Gasteiger charge is 2.20. The number of rotatable bonds is 4. The second-order valence-corrected chi connectivity index (χ2v) is 4.87. The largest absolute Gasteiger partial charge is 0.478 e. The average molecular weight is 300 g/mol. The van der Waals surface area contributed by atoms with Gasteiger partial charge in [0.25, 0.3) is 0 Å². The van der Waals surface area contributed by atoms with Crippen LogP contribution in [0.4, 0.5) is 11.8 Å². The fraction of sp³-hybridized carbons (Fsp3) is 0.267. The Morgan fingerprint density at radius 3 is 2.50 bits per heavy atom. The van der Waals surface area contributed by atoms with E-state index in [4.69, 9.17) is 9.52 Å². The van der Waals surface area contributed by atoms with E-state index in [1.165, 1.54) is 6.08 Å². The molecule has 2 aromatic heterocycles. The molecule has 7 nitrogen and oxygen atoms in total.